The van der Waals surface area contributed by atoms with Crippen molar-refractivity contribution in [3.05, 3.63) is 16.3 Å². The third-order valence-corrected chi connectivity index (χ3v) is 5.01. The Morgan fingerprint density at radius 2 is 2.17 bits per heavy atom. The fourth-order valence-corrected chi connectivity index (χ4v) is 3.72. The number of amides is 2. The zero-order chi connectivity index (χ0) is 16.2. The highest BCUT2D eigenvalue weighted by molar-refractivity contribution is 8.00. The Hall–Kier alpha value is -1.77. The third-order valence-electron chi connectivity index (χ3n) is 4.06. The monoisotopic (exact) mass is 339 g/mol. The molecule has 0 saturated carbocycles. The van der Waals surface area contributed by atoms with Crippen molar-refractivity contribution in [1.29, 1.82) is 0 Å². The Bertz CT molecular complexity index is 653. The van der Waals surface area contributed by atoms with E-state index in [1.807, 2.05) is 0 Å². The lowest BCUT2D eigenvalue weighted by Gasteiger charge is -2.13. The first kappa shape index (κ1) is 16.1. The molecule has 1 N–H and O–H groups in total. The molecule has 0 aliphatic carbocycles. The molecule has 8 nitrogen and oxygen atoms in total. The minimum absolute atomic E-state index is 0.0142. The number of hydrogen-bond acceptors (Lipinski definition) is 5. The first-order chi connectivity index (χ1) is 11.1. The first-order valence-electron chi connectivity index (χ1n) is 7.94. The van der Waals surface area contributed by atoms with E-state index in [9.17, 15) is 14.4 Å². The van der Waals surface area contributed by atoms with Gasteiger partial charge in [0.1, 0.15) is 12.4 Å². The highest BCUT2D eigenvalue weighted by Crippen LogP contribution is 2.13. The van der Waals surface area contributed by atoms with Gasteiger partial charge in [0.05, 0.1) is 11.6 Å². The van der Waals surface area contributed by atoms with Gasteiger partial charge in [0.2, 0.25) is 11.8 Å². The van der Waals surface area contributed by atoms with Crippen LogP contribution < -0.4 is 11.0 Å². The molecule has 0 unspecified atom stereocenters. The van der Waals surface area contributed by atoms with Crippen LogP contribution in [0.5, 0.6) is 0 Å². The van der Waals surface area contributed by atoms with Crippen molar-refractivity contribution in [2.45, 2.75) is 38.8 Å². The molecule has 2 amide bonds. The molecule has 1 aromatic rings. The third kappa shape index (κ3) is 3.77. The molecule has 0 spiro atoms. The Balaban J connectivity index is 1.41. The first-order valence-corrected chi connectivity index (χ1v) is 9.09. The number of carbonyl (C=O) groups is 2. The number of rotatable bonds is 6. The molecular formula is C14H21N5O3S. The number of nitrogens with one attached hydrogen (secondary N) is 1. The topological polar surface area (TPSA) is 89.2 Å². The van der Waals surface area contributed by atoms with Crippen LogP contribution in [-0.4, -0.2) is 55.8 Å². The summed E-state index contributed by atoms with van der Waals surface area (Å²) in [4.78, 5) is 36.9. The second-order valence-electron chi connectivity index (χ2n) is 5.80. The van der Waals surface area contributed by atoms with Gasteiger partial charge in [0.15, 0.2) is 0 Å². The van der Waals surface area contributed by atoms with Crippen molar-refractivity contribution in [3.63, 3.8) is 0 Å². The molecule has 126 valence electrons. The van der Waals surface area contributed by atoms with Gasteiger partial charge in [-0.1, -0.05) is 0 Å². The predicted molar refractivity (Wildman–Crippen MR) is 86.1 cm³/mol. The fraction of sp³-hybridized carbons (Fsp3) is 0.714. The molecule has 23 heavy (non-hydrogen) atoms. The standard InChI is InChI=1S/C14H21N5O3S/c20-12(8-17-10-23-9-13(17)21)15-5-3-7-19-14(22)18-6-2-1-4-11(18)16-19/h1-10H2,(H,15,20). The SMILES string of the molecule is O=C(CN1CSCC1=O)NCCCn1nc2n(c1=O)CCCC2. The van der Waals surface area contributed by atoms with Gasteiger partial charge in [-0.15, -0.1) is 11.8 Å². The minimum Gasteiger partial charge on any atom is -0.354 e. The number of nitrogens with zero attached hydrogens (tertiary/aromatic N) is 4. The van der Waals surface area contributed by atoms with Gasteiger partial charge in [0, 0.05) is 26.1 Å². The summed E-state index contributed by atoms with van der Waals surface area (Å²) in [6, 6.07) is 0. The maximum atomic E-state index is 12.1. The van der Waals surface area contributed by atoms with E-state index in [0.29, 0.717) is 31.1 Å². The van der Waals surface area contributed by atoms with E-state index in [0.717, 1.165) is 31.6 Å². The summed E-state index contributed by atoms with van der Waals surface area (Å²) in [5, 5.41) is 7.15. The second-order valence-corrected chi connectivity index (χ2v) is 6.76. The number of aryl methyl sites for hydroxylation is 2. The summed E-state index contributed by atoms with van der Waals surface area (Å²) in [7, 11) is 0. The molecule has 0 aromatic carbocycles. The van der Waals surface area contributed by atoms with Gasteiger partial charge in [-0.25, -0.2) is 9.48 Å². The van der Waals surface area contributed by atoms with Gasteiger partial charge < -0.3 is 10.2 Å². The Morgan fingerprint density at radius 1 is 1.30 bits per heavy atom. The smallest absolute Gasteiger partial charge is 0.345 e. The van der Waals surface area contributed by atoms with Crippen molar-refractivity contribution < 1.29 is 9.59 Å². The van der Waals surface area contributed by atoms with Crippen LogP contribution in [0.2, 0.25) is 0 Å². The molecule has 0 radical (unpaired) electrons. The molecule has 2 aliphatic rings. The highest BCUT2D eigenvalue weighted by Gasteiger charge is 2.22. The molecule has 3 heterocycles. The van der Waals surface area contributed by atoms with Crippen LogP contribution in [-0.2, 0) is 29.1 Å². The van der Waals surface area contributed by atoms with E-state index in [-0.39, 0.29) is 24.0 Å². The molecule has 1 fully saturated rings. The normalized spacial score (nSPS) is 17.4. The number of thioether (sulfide) groups is 1. The molecule has 0 bridgehead atoms. The number of fused-ring (bicyclic) bond motifs is 1. The van der Waals surface area contributed by atoms with Crippen LogP contribution in [0, 0.1) is 0 Å². The van der Waals surface area contributed by atoms with Crippen LogP contribution in [0.25, 0.3) is 0 Å². The molecule has 9 heteroatoms. The average Bonchev–Trinajstić information content (AvgIpc) is 3.08. The lowest BCUT2D eigenvalue weighted by molar-refractivity contribution is -0.132. The van der Waals surface area contributed by atoms with E-state index in [4.69, 9.17) is 0 Å². The van der Waals surface area contributed by atoms with Crippen molar-refractivity contribution in [2.75, 3.05) is 24.7 Å². The molecule has 3 rings (SSSR count). The molecule has 0 atom stereocenters. The van der Waals surface area contributed by atoms with Crippen molar-refractivity contribution in [2.24, 2.45) is 0 Å². The van der Waals surface area contributed by atoms with Crippen LogP contribution in [0.3, 0.4) is 0 Å². The van der Waals surface area contributed by atoms with Crippen LogP contribution in [0.1, 0.15) is 25.1 Å². The van der Waals surface area contributed by atoms with Gasteiger partial charge in [-0.3, -0.25) is 14.2 Å². The summed E-state index contributed by atoms with van der Waals surface area (Å²) < 4.78 is 3.24. The maximum absolute atomic E-state index is 12.1. The molecule has 1 saturated heterocycles. The predicted octanol–water partition coefficient (Wildman–Crippen LogP) is -0.580. The summed E-state index contributed by atoms with van der Waals surface area (Å²) in [5.74, 6) is 1.77. The van der Waals surface area contributed by atoms with E-state index in [1.165, 1.54) is 16.4 Å². The van der Waals surface area contributed by atoms with E-state index < -0.39 is 0 Å². The van der Waals surface area contributed by atoms with Crippen molar-refractivity contribution in [1.82, 2.24) is 24.6 Å². The van der Waals surface area contributed by atoms with Crippen molar-refractivity contribution >= 4 is 23.6 Å². The number of carbonyl (C=O) groups excluding carboxylic acids is 2. The van der Waals surface area contributed by atoms with Crippen molar-refractivity contribution in [3.8, 4) is 0 Å². The fourth-order valence-electron chi connectivity index (χ4n) is 2.82. The van der Waals surface area contributed by atoms with Crippen LogP contribution >= 0.6 is 11.8 Å². The maximum Gasteiger partial charge on any atom is 0.345 e. The Morgan fingerprint density at radius 3 is 2.91 bits per heavy atom. The van der Waals surface area contributed by atoms with Gasteiger partial charge in [0.25, 0.3) is 0 Å². The second kappa shape index (κ2) is 7.20. The molecule has 1 aromatic heterocycles. The number of hydrogen-bond donors (Lipinski definition) is 1. The van der Waals surface area contributed by atoms with E-state index in [2.05, 4.69) is 10.4 Å². The summed E-state index contributed by atoms with van der Waals surface area (Å²) in [5.41, 5.74) is -0.0503. The van der Waals surface area contributed by atoms with E-state index in [1.54, 1.807) is 9.47 Å². The van der Waals surface area contributed by atoms with Crippen LogP contribution in [0.15, 0.2) is 4.79 Å². The van der Waals surface area contributed by atoms with Gasteiger partial charge in [-0.05, 0) is 19.3 Å². The average molecular weight is 339 g/mol. The Kier molecular flexibility index (Phi) is 5.04. The molecular weight excluding hydrogens is 318 g/mol. The summed E-state index contributed by atoms with van der Waals surface area (Å²) >= 11 is 1.52. The summed E-state index contributed by atoms with van der Waals surface area (Å²) in [6.45, 7) is 1.84. The summed E-state index contributed by atoms with van der Waals surface area (Å²) in [6.07, 6.45) is 3.62. The number of aromatic nitrogens is 3. The zero-order valence-corrected chi connectivity index (χ0v) is 13.8. The van der Waals surface area contributed by atoms with Crippen LogP contribution in [0.4, 0.5) is 0 Å². The highest BCUT2D eigenvalue weighted by atomic mass is 32.2. The molecule has 2 aliphatic heterocycles. The lowest BCUT2D eigenvalue weighted by atomic mass is 10.2. The van der Waals surface area contributed by atoms with Gasteiger partial charge >= 0.3 is 5.69 Å². The largest absolute Gasteiger partial charge is 0.354 e. The van der Waals surface area contributed by atoms with E-state index >= 15 is 0 Å². The quantitative estimate of drug-likeness (QED) is 0.701. The lowest BCUT2D eigenvalue weighted by Crippen LogP contribution is -2.38. The zero-order valence-electron chi connectivity index (χ0n) is 13.0. The minimum atomic E-state index is -0.155. The Labute approximate surface area is 138 Å². The van der Waals surface area contributed by atoms with Gasteiger partial charge in [-0.2, -0.15) is 5.10 Å².